The highest BCUT2D eigenvalue weighted by Crippen LogP contribution is 2.23. The summed E-state index contributed by atoms with van der Waals surface area (Å²) in [4.78, 5) is 36.8. The molecule has 0 bridgehead atoms. The first-order valence-corrected chi connectivity index (χ1v) is 19.0. The van der Waals surface area contributed by atoms with Gasteiger partial charge in [-0.15, -0.1) is 0 Å². The van der Waals surface area contributed by atoms with Gasteiger partial charge in [-0.05, 0) is 72.9 Å². The van der Waals surface area contributed by atoms with E-state index < -0.39 is 29.8 Å². The van der Waals surface area contributed by atoms with Crippen LogP contribution in [0.3, 0.4) is 0 Å². The number of aromatic nitrogens is 3. The first-order chi connectivity index (χ1) is 27.7. The third-order valence-corrected chi connectivity index (χ3v) is 9.16. The van der Waals surface area contributed by atoms with E-state index >= 15 is 0 Å². The van der Waals surface area contributed by atoms with Crippen LogP contribution in [0.5, 0.6) is 0 Å². The second kappa shape index (κ2) is 23.3. The molecule has 0 aliphatic heterocycles. The molecule has 12 heteroatoms. The number of H-pyrrole nitrogens is 1. The Morgan fingerprint density at radius 2 is 1.14 bits per heavy atom. The normalized spacial score (nSPS) is 12.6. The third kappa shape index (κ3) is 14.2. The van der Waals surface area contributed by atoms with Crippen LogP contribution in [0.1, 0.15) is 61.1 Å². The highest BCUT2D eigenvalue weighted by atomic mass is 16.5. The summed E-state index contributed by atoms with van der Waals surface area (Å²) < 4.78 is 10.1. The highest BCUT2D eigenvalue weighted by molar-refractivity contribution is 5.92. The molecule has 4 N–H and O–H groups in total. The van der Waals surface area contributed by atoms with Crippen LogP contribution in [-0.4, -0.2) is 58.6 Å². The zero-order chi connectivity index (χ0) is 40.8. The van der Waals surface area contributed by atoms with Crippen LogP contribution in [0, 0.1) is 34.5 Å². The van der Waals surface area contributed by atoms with Gasteiger partial charge < -0.3 is 20.5 Å². The molecule has 0 fully saturated rings. The van der Waals surface area contributed by atoms with Crippen molar-refractivity contribution in [1.29, 1.82) is 10.5 Å². The maximum absolute atomic E-state index is 12.6. The fourth-order valence-corrected chi connectivity index (χ4v) is 6.34. The molecule has 1 aromatic heterocycles. The van der Waals surface area contributed by atoms with E-state index in [0.29, 0.717) is 25.9 Å². The molecule has 5 aromatic rings. The number of ether oxygens (including phenoxy) is 2. The monoisotopic (exact) mass is 767 g/mol. The van der Waals surface area contributed by atoms with Crippen LogP contribution in [-0.2, 0) is 31.9 Å². The van der Waals surface area contributed by atoms with Crippen molar-refractivity contribution in [1.82, 2.24) is 20.7 Å². The second-order valence-corrected chi connectivity index (χ2v) is 13.4. The number of hydrogen-bond donors (Lipinski definition) is 3. The largest absolute Gasteiger partial charge is 0.466 e. The van der Waals surface area contributed by atoms with Gasteiger partial charge in [0.1, 0.15) is 0 Å². The fourth-order valence-electron chi connectivity index (χ4n) is 6.34. The molecule has 57 heavy (non-hydrogen) atoms. The van der Waals surface area contributed by atoms with E-state index in [1.165, 1.54) is 11.8 Å². The molecule has 294 valence electrons. The Morgan fingerprint density at radius 1 is 0.684 bits per heavy atom. The molecule has 4 atom stereocenters. The van der Waals surface area contributed by atoms with E-state index in [1.54, 1.807) is 13.8 Å². The third-order valence-electron chi connectivity index (χ3n) is 9.16. The number of benzene rings is 4. The van der Waals surface area contributed by atoms with E-state index in [1.807, 2.05) is 84.9 Å². The number of amides is 1. The van der Waals surface area contributed by atoms with E-state index in [4.69, 9.17) is 25.7 Å². The lowest BCUT2D eigenvalue weighted by Crippen LogP contribution is -2.39. The number of carbonyl (C=O) groups is 3. The summed E-state index contributed by atoms with van der Waals surface area (Å²) in [6, 6.07) is 40.1. The molecular formula is C45H49N7O5. The number of nitrogens with zero attached hydrogens (tertiary/aromatic N) is 4. The van der Waals surface area contributed by atoms with Crippen LogP contribution in [0.4, 0.5) is 0 Å². The van der Waals surface area contributed by atoms with Crippen LogP contribution >= 0.6 is 0 Å². The summed E-state index contributed by atoms with van der Waals surface area (Å²) in [7, 11) is 0. The fraction of sp³-hybridized carbons (Fsp3) is 0.311. The molecule has 5 rings (SSSR count). The van der Waals surface area contributed by atoms with E-state index in [0.717, 1.165) is 27.8 Å². The lowest BCUT2D eigenvalue weighted by Gasteiger charge is -2.22. The summed E-state index contributed by atoms with van der Waals surface area (Å²) in [6.07, 6.45) is 3.36. The number of nitriles is 2. The molecule has 0 aliphatic rings. The van der Waals surface area contributed by atoms with Crippen LogP contribution < -0.4 is 11.1 Å². The molecule has 12 nitrogen and oxygen atoms in total. The highest BCUT2D eigenvalue weighted by Gasteiger charge is 2.27. The lowest BCUT2D eigenvalue weighted by molar-refractivity contribution is -0.149. The minimum Gasteiger partial charge on any atom is -0.466 e. The Bertz CT molecular complexity index is 2040. The Labute approximate surface area is 334 Å². The number of nitrogens with one attached hydrogen (secondary N) is 2. The predicted octanol–water partition coefficient (Wildman–Crippen LogP) is 7.00. The Balaban J connectivity index is 0.000000261. The predicted molar refractivity (Wildman–Crippen MR) is 217 cm³/mol. The molecule has 4 aromatic carbocycles. The first-order valence-electron chi connectivity index (χ1n) is 19.0. The summed E-state index contributed by atoms with van der Waals surface area (Å²) in [5.74, 6) is -2.26. The number of nitrogens with two attached hydrogens (primary N) is 1. The zero-order valence-corrected chi connectivity index (χ0v) is 32.3. The minimum atomic E-state index is -0.633. The molecule has 0 unspecified atom stereocenters. The van der Waals surface area contributed by atoms with Gasteiger partial charge in [0.2, 0.25) is 0 Å². The molecular weight excluding hydrogens is 719 g/mol. The topological polar surface area (TPSA) is 197 Å². The van der Waals surface area contributed by atoms with Gasteiger partial charge in [0.05, 0.1) is 43.4 Å². The minimum absolute atomic E-state index is 0.0160. The van der Waals surface area contributed by atoms with E-state index in [2.05, 4.69) is 57.1 Å². The van der Waals surface area contributed by atoms with E-state index in [9.17, 15) is 14.4 Å². The van der Waals surface area contributed by atoms with Crippen molar-refractivity contribution in [2.75, 3.05) is 13.2 Å². The molecule has 1 heterocycles. The Kier molecular flexibility index (Phi) is 17.6. The quantitative estimate of drug-likeness (QED) is 0.0781. The van der Waals surface area contributed by atoms with Crippen molar-refractivity contribution in [2.45, 2.75) is 64.5 Å². The maximum Gasteiger partial charge on any atom is 0.310 e. The van der Waals surface area contributed by atoms with Gasteiger partial charge in [-0.25, -0.2) is 0 Å². The van der Waals surface area contributed by atoms with Crippen molar-refractivity contribution in [3.63, 3.8) is 0 Å². The van der Waals surface area contributed by atoms with Crippen molar-refractivity contribution >= 4 is 17.8 Å². The molecule has 0 aliphatic carbocycles. The van der Waals surface area contributed by atoms with Gasteiger partial charge in [0, 0.05) is 24.9 Å². The molecule has 0 spiro atoms. The van der Waals surface area contributed by atoms with Crippen LogP contribution in [0.15, 0.2) is 115 Å². The smallest absolute Gasteiger partial charge is 0.310 e. The van der Waals surface area contributed by atoms with Crippen LogP contribution in [0.25, 0.3) is 22.3 Å². The van der Waals surface area contributed by atoms with Gasteiger partial charge in [0.25, 0.3) is 5.91 Å². The molecule has 0 saturated carbocycles. The van der Waals surface area contributed by atoms with Gasteiger partial charge in [-0.1, -0.05) is 109 Å². The number of aromatic amines is 1. The SMILES string of the molecule is CCOC(=O)[C@H](CC#N)C[C@@H](Cc1ccc(-c2ccccc2)cc1)NC(=O)c1cn[nH]n1.CCOC(=O)[C@H](CC#N)C[C@H](N)Cc1ccc(-c2ccccc2)cc1. The summed E-state index contributed by atoms with van der Waals surface area (Å²) >= 11 is 0. The average molecular weight is 768 g/mol. The summed E-state index contributed by atoms with van der Waals surface area (Å²) in [5, 5.41) is 30.9. The number of esters is 2. The Hall–Kier alpha value is -6.63. The average Bonchev–Trinajstić information content (AvgIpc) is 3.78. The van der Waals surface area contributed by atoms with Crippen molar-refractivity contribution in [2.24, 2.45) is 17.6 Å². The van der Waals surface area contributed by atoms with Crippen molar-refractivity contribution in [3.05, 3.63) is 132 Å². The van der Waals surface area contributed by atoms with Gasteiger partial charge >= 0.3 is 11.9 Å². The second-order valence-electron chi connectivity index (χ2n) is 13.4. The van der Waals surface area contributed by atoms with Crippen molar-refractivity contribution in [3.8, 4) is 34.4 Å². The first kappa shape index (κ1) is 43.1. The molecule has 0 saturated heterocycles. The van der Waals surface area contributed by atoms with Gasteiger partial charge in [-0.3, -0.25) is 14.4 Å². The van der Waals surface area contributed by atoms with Gasteiger partial charge in [-0.2, -0.15) is 25.9 Å². The Morgan fingerprint density at radius 3 is 1.58 bits per heavy atom. The van der Waals surface area contributed by atoms with Gasteiger partial charge in [0.15, 0.2) is 5.69 Å². The van der Waals surface area contributed by atoms with Crippen LogP contribution in [0.2, 0.25) is 0 Å². The van der Waals surface area contributed by atoms with Crippen molar-refractivity contribution < 1.29 is 23.9 Å². The number of hydrogen-bond acceptors (Lipinski definition) is 10. The summed E-state index contributed by atoms with van der Waals surface area (Å²) in [5.41, 5.74) is 13.0. The summed E-state index contributed by atoms with van der Waals surface area (Å²) in [6.45, 7) is 4.03. The standard InChI is InChI=1S/C24H25N5O3.C21H24N2O2/c1-2-32-24(31)20(12-13-25)15-21(27-23(30)22-16-26-29-28-22)14-17-8-10-19(11-9-17)18-6-4-3-5-7-18;1-2-25-21(24)19(12-13-22)15-20(23)14-16-8-10-18(11-9-16)17-6-4-3-5-7-17/h3-11,16,20-21H,2,12,14-15H2,1H3,(H,27,30)(H,26,28,29);3-11,19-20H,2,12,14-15,23H2,1H3/t20-,21-;19-,20-/m11/s1. The molecule has 0 radical (unpaired) electrons. The molecule has 1 amide bonds. The number of carbonyl (C=O) groups excluding carboxylic acids is 3. The maximum atomic E-state index is 12.6. The van der Waals surface area contributed by atoms with E-state index in [-0.39, 0.29) is 43.6 Å². The lowest BCUT2D eigenvalue weighted by atomic mass is 9.92. The zero-order valence-electron chi connectivity index (χ0n) is 32.3. The number of rotatable bonds is 18.